The Labute approximate surface area is 157 Å². The molecule has 0 aromatic carbocycles. The number of rotatable bonds is 3. The Hall–Kier alpha value is -1.11. The fourth-order valence-corrected chi connectivity index (χ4v) is 5.66. The van der Waals surface area contributed by atoms with Crippen LogP contribution in [0.25, 0.3) is 4.96 Å². The lowest BCUT2D eigenvalue weighted by atomic mass is 9.92. The summed E-state index contributed by atoms with van der Waals surface area (Å²) in [6.45, 7) is 6.25. The van der Waals surface area contributed by atoms with Crippen LogP contribution in [-0.2, 0) is 10.3 Å². The molecule has 1 aliphatic heterocycles. The maximum Gasteiger partial charge on any atom is 0.223 e. The highest BCUT2D eigenvalue weighted by Crippen LogP contribution is 2.35. The van der Waals surface area contributed by atoms with Crippen molar-refractivity contribution in [1.82, 2.24) is 20.0 Å². The monoisotopic (exact) mass is 380 g/mol. The molecule has 136 valence electrons. The molecule has 0 radical (unpaired) electrons. The molecule has 3 atom stereocenters. The summed E-state index contributed by atoms with van der Waals surface area (Å²) >= 11 is 7.92. The molecule has 0 spiro atoms. The van der Waals surface area contributed by atoms with Crippen LogP contribution in [0, 0.1) is 17.8 Å². The van der Waals surface area contributed by atoms with Gasteiger partial charge in [0.15, 0.2) is 10.1 Å². The zero-order valence-electron chi connectivity index (χ0n) is 14.7. The topological polar surface area (TPSA) is 58.4 Å². The molecular formula is C18H25ClN4OS. The van der Waals surface area contributed by atoms with Gasteiger partial charge in [0, 0.05) is 17.5 Å². The number of hydrogen-bond acceptors (Lipinski definition) is 4. The molecule has 2 fully saturated rings. The van der Waals surface area contributed by atoms with Crippen molar-refractivity contribution in [3.63, 3.8) is 0 Å². The van der Waals surface area contributed by atoms with Crippen molar-refractivity contribution in [1.29, 1.82) is 0 Å². The number of nitrogens with one attached hydrogen (secondary N) is 2. The summed E-state index contributed by atoms with van der Waals surface area (Å²) in [5.74, 6) is 1.76. The van der Waals surface area contributed by atoms with Crippen molar-refractivity contribution in [3.8, 4) is 0 Å². The second-order valence-corrected chi connectivity index (χ2v) is 9.18. The zero-order valence-corrected chi connectivity index (χ0v) is 16.3. The van der Waals surface area contributed by atoms with Crippen LogP contribution < -0.4 is 10.6 Å². The Morgan fingerprint density at radius 1 is 1.32 bits per heavy atom. The van der Waals surface area contributed by atoms with Crippen molar-refractivity contribution in [2.45, 2.75) is 45.1 Å². The van der Waals surface area contributed by atoms with E-state index in [2.05, 4.69) is 15.6 Å². The van der Waals surface area contributed by atoms with E-state index < -0.39 is 5.54 Å². The fraction of sp³-hybridized carbons (Fsp3) is 0.667. The molecular weight excluding hydrogens is 356 g/mol. The summed E-state index contributed by atoms with van der Waals surface area (Å²) in [6.07, 6.45) is 6.23. The molecule has 3 heterocycles. The van der Waals surface area contributed by atoms with Crippen LogP contribution in [0.5, 0.6) is 0 Å². The van der Waals surface area contributed by atoms with Crippen molar-refractivity contribution >= 4 is 33.8 Å². The van der Waals surface area contributed by atoms with Gasteiger partial charge in [-0.05, 0) is 64.5 Å². The number of carbonyl (C=O) groups is 1. The normalized spacial score (nSPS) is 27.2. The number of amides is 1. The smallest absolute Gasteiger partial charge is 0.223 e. The molecule has 0 bridgehead atoms. The Bertz CT molecular complexity index is 769. The summed E-state index contributed by atoms with van der Waals surface area (Å²) in [7, 11) is 0. The van der Waals surface area contributed by atoms with Gasteiger partial charge in [0.05, 0.1) is 11.2 Å². The van der Waals surface area contributed by atoms with E-state index in [1.165, 1.54) is 0 Å². The fourth-order valence-electron chi connectivity index (χ4n) is 4.49. The van der Waals surface area contributed by atoms with E-state index in [1.807, 2.05) is 29.8 Å². The third-order valence-electron chi connectivity index (χ3n) is 5.87. The number of hydrogen-bond donors (Lipinski definition) is 2. The molecule has 7 heteroatoms. The highest BCUT2D eigenvalue weighted by atomic mass is 35.5. The zero-order chi connectivity index (χ0) is 17.6. The number of halogens is 1. The first-order valence-electron chi connectivity index (χ1n) is 9.10. The first kappa shape index (κ1) is 17.3. The maximum atomic E-state index is 13.0. The van der Waals surface area contributed by atoms with E-state index in [0.29, 0.717) is 5.15 Å². The van der Waals surface area contributed by atoms with E-state index in [9.17, 15) is 4.79 Å². The molecule has 5 nitrogen and oxygen atoms in total. The quantitative estimate of drug-likeness (QED) is 0.857. The number of carbonyl (C=O) groups excluding carboxylic acids is 1. The molecule has 4 rings (SSSR count). The molecule has 1 amide bonds. The largest absolute Gasteiger partial charge is 0.345 e. The number of fused-ring (bicyclic) bond motifs is 2. The van der Waals surface area contributed by atoms with Gasteiger partial charge >= 0.3 is 0 Å². The minimum absolute atomic E-state index is 0.106. The van der Waals surface area contributed by atoms with Crippen molar-refractivity contribution in [2.24, 2.45) is 17.8 Å². The van der Waals surface area contributed by atoms with Gasteiger partial charge < -0.3 is 10.6 Å². The van der Waals surface area contributed by atoms with Gasteiger partial charge in [-0.2, -0.15) is 0 Å². The van der Waals surface area contributed by atoms with Crippen LogP contribution in [0.4, 0.5) is 0 Å². The van der Waals surface area contributed by atoms with E-state index >= 15 is 0 Å². The molecule has 2 aromatic rings. The van der Waals surface area contributed by atoms with E-state index in [1.54, 1.807) is 11.3 Å². The predicted molar refractivity (Wildman–Crippen MR) is 101 cm³/mol. The van der Waals surface area contributed by atoms with Gasteiger partial charge in [0.2, 0.25) is 5.91 Å². The first-order valence-corrected chi connectivity index (χ1v) is 10.4. The molecule has 1 saturated heterocycles. The molecule has 1 saturated carbocycles. The maximum absolute atomic E-state index is 13.0. The van der Waals surface area contributed by atoms with Crippen molar-refractivity contribution < 1.29 is 4.79 Å². The van der Waals surface area contributed by atoms with Crippen LogP contribution in [0.15, 0.2) is 11.6 Å². The third kappa shape index (κ3) is 3.20. The highest BCUT2D eigenvalue weighted by Gasteiger charge is 2.36. The molecule has 1 unspecified atom stereocenters. The summed E-state index contributed by atoms with van der Waals surface area (Å²) in [4.78, 5) is 18.2. The van der Waals surface area contributed by atoms with Gasteiger partial charge in [-0.1, -0.05) is 11.6 Å². The summed E-state index contributed by atoms with van der Waals surface area (Å²) in [5.41, 5.74) is 0.298. The molecule has 2 aliphatic rings. The number of nitrogens with zero attached hydrogens (tertiary/aromatic N) is 2. The lowest BCUT2D eigenvalue weighted by molar-refractivity contribution is -0.127. The van der Waals surface area contributed by atoms with Crippen molar-refractivity contribution in [2.75, 3.05) is 13.1 Å². The SMILES string of the molecule is CC(C)(NC(=O)C1CC[C@@H]2CNC[C@@H]2CC1)c1c(Cl)nc2sccn12. The van der Waals surface area contributed by atoms with Gasteiger partial charge in [-0.3, -0.25) is 9.20 Å². The third-order valence-corrected chi connectivity index (χ3v) is 6.89. The van der Waals surface area contributed by atoms with Gasteiger partial charge in [-0.25, -0.2) is 4.98 Å². The minimum atomic E-state index is -0.557. The molecule has 2 N–H and O–H groups in total. The lowest BCUT2D eigenvalue weighted by Crippen LogP contribution is -2.44. The van der Waals surface area contributed by atoms with Crippen LogP contribution >= 0.6 is 22.9 Å². The first-order chi connectivity index (χ1) is 12.0. The van der Waals surface area contributed by atoms with E-state index in [-0.39, 0.29) is 11.8 Å². The van der Waals surface area contributed by atoms with Crippen LogP contribution in [0.1, 0.15) is 45.2 Å². The number of imidazole rings is 1. The van der Waals surface area contributed by atoms with Crippen LogP contribution in [-0.4, -0.2) is 28.4 Å². The number of thiazole rings is 1. The van der Waals surface area contributed by atoms with Gasteiger partial charge in [0.25, 0.3) is 0 Å². The molecule has 2 aromatic heterocycles. The molecule has 1 aliphatic carbocycles. The summed E-state index contributed by atoms with van der Waals surface area (Å²) < 4.78 is 1.98. The minimum Gasteiger partial charge on any atom is -0.345 e. The van der Waals surface area contributed by atoms with Crippen LogP contribution in [0.3, 0.4) is 0 Å². The standard InChI is InChI=1S/C18H25ClN4OS/c1-18(2,14-15(19)21-17-23(14)7-8-25-17)22-16(24)11-3-5-12-9-20-10-13(12)6-4-11/h7-8,11-13,20H,3-6,9-10H2,1-2H3,(H,22,24)/t11?,12-,13+. The average Bonchev–Trinajstić information content (AvgIpc) is 3.19. The Balaban J connectivity index is 1.49. The summed E-state index contributed by atoms with van der Waals surface area (Å²) in [6, 6.07) is 0. The second-order valence-electron chi connectivity index (χ2n) is 7.95. The highest BCUT2D eigenvalue weighted by molar-refractivity contribution is 7.15. The average molecular weight is 381 g/mol. The lowest BCUT2D eigenvalue weighted by Gasteiger charge is -2.28. The Kier molecular flexibility index (Phi) is 4.54. The summed E-state index contributed by atoms with van der Waals surface area (Å²) in [5, 5.41) is 9.19. The van der Waals surface area contributed by atoms with Gasteiger partial charge in [-0.15, -0.1) is 11.3 Å². The molecule has 25 heavy (non-hydrogen) atoms. The van der Waals surface area contributed by atoms with E-state index in [0.717, 1.165) is 61.3 Å². The van der Waals surface area contributed by atoms with Crippen molar-refractivity contribution in [3.05, 3.63) is 22.4 Å². The van der Waals surface area contributed by atoms with Crippen LogP contribution in [0.2, 0.25) is 5.15 Å². The second kappa shape index (κ2) is 6.56. The predicted octanol–water partition coefficient (Wildman–Crippen LogP) is 3.43. The van der Waals surface area contributed by atoms with Gasteiger partial charge in [0.1, 0.15) is 0 Å². The van der Waals surface area contributed by atoms with E-state index in [4.69, 9.17) is 11.6 Å². The number of aromatic nitrogens is 2. The Morgan fingerprint density at radius 2 is 2.00 bits per heavy atom. The Morgan fingerprint density at radius 3 is 2.68 bits per heavy atom.